The van der Waals surface area contributed by atoms with Gasteiger partial charge in [-0.1, -0.05) is 25.1 Å². The molecule has 0 amide bonds. The second-order valence-electron chi connectivity index (χ2n) is 5.94. The quantitative estimate of drug-likeness (QED) is 0.924. The lowest BCUT2D eigenvalue weighted by Gasteiger charge is -2.41. The summed E-state index contributed by atoms with van der Waals surface area (Å²) in [6, 6.07) is 9.18. The first-order valence-corrected chi connectivity index (χ1v) is 8.84. The molecule has 1 aliphatic carbocycles. The van der Waals surface area contributed by atoms with Gasteiger partial charge >= 0.3 is 0 Å². The molecule has 2 fully saturated rings. The number of hydrogen-bond acceptors (Lipinski definition) is 4. The highest BCUT2D eigenvalue weighted by Gasteiger charge is 2.45. The SMILES string of the molecule is CCNC1CCC2(CC1Sc1ccccc1C)OCCO2. The number of hydrogen-bond donors (Lipinski definition) is 1. The van der Waals surface area contributed by atoms with Crippen LogP contribution in [-0.2, 0) is 9.47 Å². The zero-order valence-electron chi connectivity index (χ0n) is 12.9. The van der Waals surface area contributed by atoms with E-state index in [0.717, 1.165) is 39.0 Å². The van der Waals surface area contributed by atoms with Crippen molar-refractivity contribution in [2.24, 2.45) is 0 Å². The first kappa shape index (κ1) is 15.3. The highest BCUT2D eigenvalue weighted by Crippen LogP contribution is 2.43. The van der Waals surface area contributed by atoms with Gasteiger partial charge in [-0.15, -0.1) is 11.8 Å². The van der Waals surface area contributed by atoms with Crippen LogP contribution in [0.5, 0.6) is 0 Å². The molecule has 21 heavy (non-hydrogen) atoms. The lowest BCUT2D eigenvalue weighted by atomic mass is 9.89. The van der Waals surface area contributed by atoms with E-state index in [1.807, 2.05) is 11.8 Å². The zero-order valence-corrected chi connectivity index (χ0v) is 13.7. The molecule has 1 aliphatic heterocycles. The molecule has 1 aromatic carbocycles. The van der Waals surface area contributed by atoms with E-state index in [0.29, 0.717) is 11.3 Å². The Morgan fingerprint density at radius 3 is 2.76 bits per heavy atom. The van der Waals surface area contributed by atoms with Crippen molar-refractivity contribution in [3.8, 4) is 0 Å². The summed E-state index contributed by atoms with van der Waals surface area (Å²) in [5.41, 5.74) is 1.35. The monoisotopic (exact) mass is 307 g/mol. The maximum Gasteiger partial charge on any atom is 0.169 e. The third-order valence-corrected chi connectivity index (χ3v) is 5.96. The molecule has 4 heteroatoms. The van der Waals surface area contributed by atoms with Crippen LogP contribution in [0.2, 0.25) is 0 Å². The molecule has 1 saturated heterocycles. The molecule has 0 aromatic heterocycles. The Labute approximate surface area is 131 Å². The molecule has 3 rings (SSSR count). The minimum absolute atomic E-state index is 0.313. The third kappa shape index (κ3) is 3.45. The van der Waals surface area contributed by atoms with E-state index in [2.05, 4.69) is 43.4 Å². The molecule has 1 aromatic rings. The van der Waals surface area contributed by atoms with Gasteiger partial charge in [0.2, 0.25) is 0 Å². The average Bonchev–Trinajstić information content (AvgIpc) is 2.93. The second kappa shape index (κ2) is 6.69. The van der Waals surface area contributed by atoms with Crippen molar-refractivity contribution >= 4 is 11.8 Å². The third-order valence-electron chi connectivity index (χ3n) is 4.45. The van der Waals surface area contributed by atoms with Gasteiger partial charge in [0.25, 0.3) is 0 Å². The first-order chi connectivity index (χ1) is 10.2. The Hall–Kier alpha value is -0.550. The predicted octanol–water partition coefficient (Wildman–Crippen LogP) is 3.36. The largest absolute Gasteiger partial charge is 0.347 e. The summed E-state index contributed by atoms with van der Waals surface area (Å²) in [5.74, 6) is -0.313. The topological polar surface area (TPSA) is 30.5 Å². The fraction of sp³-hybridized carbons (Fsp3) is 0.647. The smallest absolute Gasteiger partial charge is 0.169 e. The molecule has 3 nitrogen and oxygen atoms in total. The van der Waals surface area contributed by atoms with Gasteiger partial charge in [-0.25, -0.2) is 0 Å². The van der Waals surface area contributed by atoms with Gasteiger partial charge in [0.05, 0.1) is 13.2 Å². The number of ether oxygens (including phenoxy) is 2. The molecular formula is C17H25NO2S. The minimum Gasteiger partial charge on any atom is -0.347 e. The number of thioether (sulfide) groups is 1. The van der Waals surface area contributed by atoms with Crippen molar-refractivity contribution in [1.29, 1.82) is 0 Å². The van der Waals surface area contributed by atoms with E-state index >= 15 is 0 Å². The van der Waals surface area contributed by atoms with E-state index in [-0.39, 0.29) is 5.79 Å². The highest BCUT2D eigenvalue weighted by molar-refractivity contribution is 8.00. The molecule has 1 heterocycles. The van der Waals surface area contributed by atoms with Crippen molar-refractivity contribution in [3.05, 3.63) is 29.8 Å². The molecule has 1 spiro atoms. The lowest BCUT2D eigenvalue weighted by molar-refractivity contribution is -0.178. The van der Waals surface area contributed by atoms with Crippen molar-refractivity contribution in [2.45, 2.75) is 55.1 Å². The molecule has 2 unspecified atom stereocenters. The standard InChI is InChI=1S/C17H25NO2S/c1-3-18-14-8-9-17(19-10-11-20-17)12-16(14)21-15-7-5-4-6-13(15)2/h4-7,14,16,18H,3,8-12H2,1-2H3. The van der Waals surface area contributed by atoms with Crippen molar-refractivity contribution in [1.82, 2.24) is 5.32 Å². The molecule has 2 aliphatic rings. The summed E-state index contributed by atoms with van der Waals surface area (Å²) < 4.78 is 11.9. The van der Waals surface area contributed by atoms with Gasteiger partial charge in [0.15, 0.2) is 5.79 Å². The van der Waals surface area contributed by atoms with E-state index in [1.165, 1.54) is 10.5 Å². The first-order valence-electron chi connectivity index (χ1n) is 7.96. The summed E-state index contributed by atoms with van der Waals surface area (Å²) in [5, 5.41) is 4.15. The van der Waals surface area contributed by atoms with Crippen LogP contribution < -0.4 is 5.32 Å². The predicted molar refractivity (Wildman–Crippen MR) is 86.8 cm³/mol. The van der Waals surface area contributed by atoms with Gasteiger partial charge in [0.1, 0.15) is 0 Å². The fourth-order valence-electron chi connectivity index (χ4n) is 3.34. The number of benzene rings is 1. The Balaban J connectivity index is 1.75. The fourth-order valence-corrected chi connectivity index (χ4v) is 4.81. The summed E-state index contributed by atoms with van der Waals surface area (Å²) in [4.78, 5) is 1.38. The van der Waals surface area contributed by atoms with E-state index < -0.39 is 0 Å². The van der Waals surface area contributed by atoms with Gasteiger partial charge in [-0.3, -0.25) is 0 Å². The molecular weight excluding hydrogens is 282 g/mol. The summed E-state index contributed by atoms with van der Waals surface area (Å²) in [6.45, 7) is 6.87. The Morgan fingerprint density at radius 2 is 2.05 bits per heavy atom. The lowest BCUT2D eigenvalue weighted by Crippen LogP contribution is -2.49. The van der Waals surface area contributed by atoms with Gasteiger partial charge < -0.3 is 14.8 Å². The molecule has 0 radical (unpaired) electrons. The van der Waals surface area contributed by atoms with Crippen molar-refractivity contribution in [3.63, 3.8) is 0 Å². The molecule has 1 saturated carbocycles. The van der Waals surface area contributed by atoms with Crippen LogP contribution in [0.15, 0.2) is 29.2 Å². The summed E-state index contributed by atoms with van der Waals surface area (Å²) in [6.07, 6.45) is 3.11. The number of aryl methyl sites for hydroxylation is 1. The van der Waals surface area contributed by atoms with Gasteiger partial charge in [0, 0.05) is 29.0 Å². The molecule has 116 valence electrons. The Morgan fingerprint density at radius 1 is 1.29 bits per heavy atom. The maximum atomic E-state index is 5.94. The number of rotatable bonds is 4. The van der Waals surface area contributed by atoms with Crippen LogP contribution in [0, 0.1) is 6.92 Å². The summed E-state index contributed by atoms with van der Waals surface area (Å²) >= 11 is 1.98. The highest BCUT2D eigenvalue weighted by atomic mass is 32.2. The van der Waals surface area contributed by atoms with Crippen LogP contribution in [0.25, 0.3) is 0 Å². The maximum absolute atomic E-state index is 5.94. The van der Waals surface area contributed by atoms with E-state index in [9.17, 15) is 0 Å². The zero-order chi connectivity index (χ0) is 14.7. The second-order valence-corrected chi connectivity index (χ2v) is 7.22. The van der Waals surface area contributed by atoms with E-state index in [1.54, 1.807) is 0 Å². The minimum atomic E-state index is -0.313. The molecule has 1 N–H and O–H groups in total. The average molecular weight is 307 g/mol. The summed E-state index contributed by atoms with van der Waals surface area (Å²) in [7, 11) is 0. The van der Waals surface area contributed by atoms with Crippen LogP contribution >= 0.6 is 11.8 Å². The van der Waals surface area contributed by atoms with Crippen LogP contribution in [0.4, 0.5) is 0 Å². The Kier molecular flexibility index (Phi) is 4.89. The van der Waals surface area contributed by atoms with Gasteiger partial charge in [-0.05, 0) is 31.5 Å². The van der Waals surface area contributed by atoms with Gasteiger partial charge in [-0.2, -0.15) is 0 Å². The van der Waals surface area contributed by atoms with Crippen LogP contribution in [0.1, 0.15) is 31.7 Å². The number of nitrogens with one attached hydrogen (secondary N) is 1. The van der Waals surface area contributed by atoms with E-state index in [4.69, 9.17) is 9.47 Å². The molecule has 2 atom stereocenters. The molecule has 0 bridgehead atoms. The van der Waals surface area contributed by atoms with Crippen molar-refractivity contribution in [2.75, 3.05) is 19.8 Å². The normalized spacial score (nSPS) is 28.1. The van der Waals surface area contributed by atoms with Crippen LogP contribution in [-0.4, -0.2) is 36.8 Å². The van der Waals surface area contributed by atoms with Crippen molar-refractivity contribution < 1.29 is 9.47 Å². The van der Waals surface area contributed by atoms with Crippen LogP contribution in [0.3, 0.4) is 0 Å². The Bertz CT molecular complexity index is 474.